The van der Waals surface area contributed by atoms with Gasteiger partial charge < -0.3 is 9.84 Å². The maximum absolute atomic E-state index is 13.5. The van der Waals surface area contributed by atoms with Crippen LogP contribution in [0.25, 0.3) is 0 Å². The van der Waals surface area contributed by atoms with Crippen LogP contribution in [-0.2, 0) is 11.2 Å². The molecule has 0 aliphatic rings. The lowest BCUT2D eigenvalue weighted by Crippen LogP contribution is -2.29. The number of ether oxygens (including phenoxy) is 1. The van der Waals surface area contributed by atoms with Gasteiger partial charge in [0, 0.05) is 30.7 Å². The highest BCUT2D eigenvalue weighted by Gasteiger charge is 2.23. The first-order valence-electron chi connectivity index (χ1n) is 5.10. The van der Waals surface area contributed by atoms with E-state index < -0.39 is 5.60 Å². The van der Waals surface area contributed by atoms with Crippen LogP contribution in [0.4, 0.5) is 4.39 Å². The molecule has 0 fully saturated rings. The first-order valence-corrected chi connectivity index (χ1v) is 5.48. The molecule has 0 aliphatic heterocycles. The smallest absolute Gasteiger partial charge is 0.127 e. The van der Waals surface area contributed by atoms with E-state index in [2.05, 4.69) is 0 Å². The number of hydrogen-bond acceptors (Lipinski definition) is 2. The fourth-order valence-electron chi connectivity index (χ4n) is 1.49. The molecule has 4 heteroatoms. The number of methoxy groups -OCH3 is 1. The van der Waals surface area contributed by atoms with E-state index in [0.717, 1.165) is 0 Å². The molecule has 1 N–H and O–H groups in total. The molecule has 0 radical (unpaired) electrons. The Bertz CT molecular complexity index is 333. The monoisotopic (exact) mass is 246 g/mol. The van der Waals surface area contributed by atoms with Crippen LogP contribution in [0.15, 0.2) is 18.2 Å². The van der Waals surface area contributed by atoms with Crippen molar-refractivity contribution in [1.29, 1.82) is 0 Å². The summed E-state index contributed by atoms with van der Waals surface area (Å²) in [5.74, 6) is -0.384. The van der Waals surface area contributed by atoms with Crippen molar-refractivity contribution >= 4 is 11.6 Å². The van der Waals surface area contributed by atoms with Crippen LogP contribution < -0.4 is 0 Å². The van der Waals surface area contributed by atoms with E-state index in [1.54, 1.807) is 26.2 Å². The summed E-state index contributed by atoms with van der Waals surface area (Å²) in [4.78, 5) is 0. The average molecular weight is 247 g/mol. The third-order valence-electron chi connectivity index (χ3n) is 2.46. The highest BCUT2D eigenvalue weighted by molar-refractivity contribution is 6.31. The highest BCUT2D eigenvalue weighted by Crippen LogP contribution is 2.25. The van der Waals surface area contributed by atoms with Gasteiger partial charge in [0.15, 0.2) is 0 Å². The number of rotatable bonds is 5. The zero-order valence-electron chi connectivity index (χ0n) is 9.46. The van der Waals surface area contributed by atoms with E-state index in [9.17, 15) is 9.50 Å². The lowest BCUT2D eigenvalue weighted by molar-refractivity contribution is 0.0243. The summed E-state index contributed by atoms with van der Waals surface area (Å²) in [6.07, 6.45) is 0.621. The van der Waals surface area contributed by atoms with Gasteiger partial charge in [0.2, 0.25) is 0 Å². The molecule has 0 spiro atoms. The lowest BCUT2D eigenvalue weighted by atomic mass is 9.93. The third kappa shape index (κ3) is 3.74. The van der Waals surface area contributed by atoms with Gasteiger partial charge in [0.1, 0.15) is 5.82 Å². The maximum Gasteiger partial charge on any atom is 0.127 e. The van der Waals surface area contributed by atoms with Crippen molar-refractivity contribution in [3.63, 3.8) is 0 Å². The second-order valence-electron chi connectivity index (χ2n) is 4.12. The summed E-state index contributed by atoms with van der Waals surface area (Å²) in [7, 11) is 1.56. The van der Waals surface area contributed by atoms with Gasteiger partial charge in [-0.15, -0.1) is 0 Å². The molecule has 1 atom stereocenters. The average Bonchev–Trinajstić information content (AvgIpc) is 2.21. The van der Waals surface area contributed by atoms with Gasteiger partial charge in [-0.05, 0) is 25.5 Å². The van der Waals surface area contributed by atoms with Gasteiger partial charge >= 0.3 is 0 Å². The quantitative estimate of drug-likeness (QED) is 0.866. The molecule has 1 unspecified atom stereocenters. The molecular formula is C12H16ClFO2. The van der Waals surface area contributed by atoms with E-state index in [4.69, 9.17) is 16.3 Å². The molecule has 1 rings (SSSR count). The maximum atomic E-state index is 13.5. The molecule has 16 heavy (non-hydrogen) atoms. The van der Waals surface area contributed by atoms with Crippen LogP contribution in [0.3, 0.4) is 0 Å². The molecule has 0 aromatic heterocycles. The Hall–Kier alpha value is -0.640. The van der Waals surface area contributed by atoms with Gasteiger partial charge in [-0.2, -0.15) is 0 Å². The SMILES string of the molecule is COCCC(C)(O)Cc1c(F)cccc1Cl. The largest absolute Gasteiger partial charge is 0.390 e. The summed E-state index contributed by atoms with van der Waals surface area (Å²) in [5, 5.41) is 10.4. The minimum atomic E-state index is -1.01. The van der Waals surface area contributed by atoms with Crippen molar-refractivity contribution in [2.75, 3.05) is 13.7 Å². The van der Waals surface area contributed by atoms with Crippen LogP contribution in [-0.4, -0.2) is 24.4 Å². The summed E-state index contributed by atoms with van der Waals surface area (Å²) in [5.41, 5.74) is -0.660. The van der Waals surface area contributed by atoms with Crippen molar-refractivity contribution in [3.8, 4) is 0 Å². The molecule has 90 valence electrons. The number of hydrogen-bond donors (Lipinski definition) is 1. The Morgan fingerprint density at radius 1 is 1.50 bits per heavy atom. The van der Waals surface area contributed by atoms with Crippen molar-refractivity contribution in [3.05, 3.63) is 34.6 Å². The van der Waals surface area contributed by atoms with E-state index in [1.165, 1.54) is 6.07 Å². The predicted octanol–water partition coefficient (Wildman–Crippen LogP) is 2.81. The summed E-state index contributed by atoms with van der Waals surface area (Å²) >= 11 is 5.89. The Morgan fingerprint density at radius 3 is 2.75 bits per heavy atom. The Morgan fingerprint density at radius 2 is 2.19 bits per heavy atom. The first-order chi connectivity index (χ1) is 7.46. The molecule has 0 saturated heterocycles. The van der Waals surface area contributed by atoms with Gasteiger partial charge in [-0.25, -0.2) is 4.39 Å². The normalized spacial score (nSPS) is 14.8. The van der Waals surface area contributed by atoms with E-state index in [0.29, 0.717) is 23.6 Å². The summed E-state index contributed by atoms with van der Waals surface area (Å²) in [6, 6.07) is 4.50. The van der Waals surface area contributed by atoms with Gasteiger partial charge in [-0.1, -0.05) is 17.7 Å². The fourth-order valence-corrected chi connectivity index (χ4v) is 1.72. The molecule has 0 aliphatic carbocycles. The molecule has 0 saturated carbocycles. The van der Waals surface area contributed by atoms with E-state index in [1.807, 2.05) is 0 Å². The Balaban J connectivity index is 2.79. The molecular weight excluding hydrogens is 231 g/mol. The Kier molecular flexibility index (Phi) is 4.71. The summed E-state index contributed by atoms with van der Waals surface area (Å²) in [6.45, 7) is 2.08. The molecule has 1 aromatic carbocycles. The molecule has 1 aromatic rings. The van der Waals surface area contributed by atoms with Gasteiger partial charge in [0.05, 0.1) is 5.60 Å². The van der Waals surface area contributed by atoms with Gasteiger partial charge in [-0.3, -0.25) is 0 Å². The topological polar surface area (TPSA) is 29.5 Å². The third-order valence-corrected chi connectivity index (χ3v) is 2.82. The van der Waals surface area contributed by atoms with Crippen LogP contribution in [0.1, 0.15) is 18.9 Å². The number of benzene rings is 1. The van der Waals surface area contributed by atoms with Crippen LogP contribution in [0.2, 0.25) is 5.02 Å². The molecule has 2 nitrogen and oxygen atoms in total. The molecule has 0 heterocycles. The first kappa shape index (κ1) is 13.4. The number of aliphatic hydroxyl groups is 1. The van der Waals surface area contributed by atoms with Crippen molar-refractivity contribution < 1.29 is 14.2 Å². The minimum Gasteiger partial charge on any atom is -0.390 e. The van der Waals surface area contributed by atoms with Crippen LogP contribution in [0, 0.1) is 5.82 Å². The van der Waals surface area contributed by atoms with Crippen molar-refractivity contribution in [1.82, 2.24) is 0 Å². The molecule has 0 bridgehead atoms. The minimum absolute atomic E-state index is 0.182. The fraction of sp³-hybridized carbons (Fsp3) is 0.500. The second kappa shape index (κ2) is 5.62. The number of halogens is 2. The van der Waals surface area contributed by atoms with E-state index in [-0.39, 0.29) is 12.2 Å². The lowest BCUT2D eigenvalue weighted by Gasteiger charge is -2.23. The summed E-state index contributed by atoms with van der Waals surface area (Å²) < 4.78 is 18.4. The zero-order chi connectivity index (χ0) is 12.2. The van der Waals surface area contributed by atoms with Gasteiger partial charge in [0.25, 0.3) is 0 Å². The van der Waals surface area contributed by atoms with Crippen molar-refractivity contribution in [2.45, 2.75) is 25.4 Å². The highest BCUT2D eigenvalue weighted by atomic mass is 35.5. The standard InChI is InChI=1S/C12H16ClFO2/c1-12(15,6-7-16-2)8-9-10(13)4-3-5-11(9)14/h3-5,15H,6-8H2,1-2H3. The predicted molar refractivity (Wildman–Crippen MR) is 62.2 cm³/mol. The van der Waals surface area contributed by atoms with E-state index >= 15 is 0 Å². The Labute approximate surface area is 100.0 Å². The van der Waals surface area contributed by atoms with Crippen LogP contribution in [0.5, 0.6) is 0 Å². The molecule has 0 amide bonds. The van der Waals surface area contributed by atoms with Crippen molar-refractivity contribution in [2.24, 2.45) is 0 Å². The second-order valence-corrected chi connectivity index (χ2v) is 4.52. The van der Waals surface area contributed by atoms with Crippen LogP contribution >= 0.6 is 11.6 Å². The zero-order valence-corrected chi connectivity index (χ0v) is 10.2.